The first-order chi connectivity index (χ1) is 6.90. The van der Waals surface area contributed by atoms with Crippen molar-refractivity contribution in [2.75, 3.05) is 13.2 Å². The summed E-state index contributed by atoms with van der Waals surface area (Å²) in [6, 6.07) is 9.22. The first-order valence-electron chi connectivity index (χ1n) is 5.46. The van der Waals surface area contributed by atoms with E-state index in [9.17, 15) is 0 Å². The summed E-state index contributed by atoms with van der Waals surface area (Å²) in [7, 11) is 0. The van der Waals surface area contributed by atoms with E-state index in [0.717, 1.165) is 12.4 Å². The van der Waals surface area contributed by atoms with Crippen LogP contribution in [-0.2, 0) is 0 Å². The van der Waals surface area contributed by atoms with Crippen LogP contribution in [0.2, 0.25) is 0 Å². The number of nitrogens with two attached hydrogens (primary N) is 1. The van der Waals surface area contributed by atoms with Crippen molar-refractivity contribution in [3.05, 3.63) is 29.8 Å². The molecule has 0 spiro atoms. The Labute approximate surface area is 85.3 Å². The van der Waals surface area contributed by atoms with E-state index in [1.54, 1.807) is 0 Å². The summed E-state index contributed by atoms with van der Waals surface area (Å²) in [6.45, 7) is 4.03. The van der Waals surface area contributed by atoms with E-state index in [2.05, 4.69) is 29.6 Å². The Kier molecular flexibility index (Phi) is 3.04. The molecule has 0 aliphatic carbocycles. The average Bonchev–Trinajstić information content (AvgIpc) is 2.72. The third-order valence-corrected chi connectivity index (χ3v) is 2.79. The molecule has 1 aliphatic rings. The van der Waals surface area contributed by atoms with Crippen LogP contribution in [0, 0.1) is 0 Å². The molecule has 0 unspecified atom stereocenters. The van der Waals surface area contributed by atoms with E-state index < -0.39 is 0 Å². The van der Waals surface area contributed by atoms with Crippen molar-refractivity contribution in [2.45, 2.75) is 25.8 Å². The lowest BCUT2D eigenvalue weighted by molar-refractivity contribution is -0.676. The van der Waals surface area contributed by atoms with Crippen LogP contribution in [0.3, 0.4) is 0 Å². The molecular formula is C12H18NO+. The van der Waals surface area contributed by atoms with Crippen molar-refractivity contribution in [2.24, 2.45) is 0 Å². The number of hydrogen-bond donors (Lipinski definition) is 1. The molecule has 0 aromatic heterocycles. The average molecular weight is 192 g/mol. The lowest BCUT2D eigenvalue weighted by Crippen LogP contribution is -2.81. The molecule has 2 heteroatoms. The highest BCUT2D eigenvalue weighted by atomic mass is 16.5. The van der Waals surface area contributed by atoms with Gasteiger partial charge in [-0.15, -0.1) is 0 Å². The Morgan fingerprint density at radius 1 is 1.36 bits per heavy atom. The van der Waals surface area contributed by atoms with E-state index in [0.29, 0.717) is 6.04 Å². The van der Waals surface area contributed by atoms with Gasteiger partial charge in [0.2, 0.25) is 0 Å². The molecule has 0 saturated carbocycles. The number of rotatable bonds is 3. The maximum Gasteiger partial charge on any atom is 0.119 e. The van der Waals surface area contributed by atoms with E-state index in [4.69, 9.17) is 4.74 Å². The molecule has 76 valence electrons. The van der Waals surface area contributed by atoms with Gasteiger partial charge in [-0.25, -0.2) is 0 Å². The normalized spacial score (nSPS) is 21.1. The molecule has 1 saturated heterocycles. The fraction of sp³-hybridized carbons (Fsp3) is 0.500. The van der Waals surface area contributed by atoms with Gasteiger partial charge in [-0.05, 0) is 31.2 Å². The van der Waals surface area contributed by atoms with Gasteiger partial charge in [-0.3, -0.25) is 0 Å². The van der Waals surface area contributed by atoms with Gasteiger partial charge in [0.15, 0.2) is 0 Å². The van der Waals surface area contributed by atoms with Crippen molar-refractivity contribution >= 4 is 0 Å². The van der Waals surface area contributed by atoms with Crippen LogP contribution < -0.4 is 10.1 Å². The number of benzene rings is 1. The molecule has 2 N–H and O–H groups in total. The van der Waals surface area contributed by atoms with Crippen LogP contribution in [-0.4, -0.2) is 13.2 Å². The van der Waals surface area contributed by atoms with Crippen LogP contribution >= 0.6 is 0 Å². The topological polar surface area (TPSA) is 25.8 Å². The highest BCUT2D eigenvalue weighted by molar-refractivity contribution is 5.28. The molecule has 1 aliphatic heterocycles. The molecule has 0 radical (unpaired) electrons. The predicted molar refractivity (Wildman–Crippen MR) is 56.4 cm³/mol. The Bertz CT molecular complexity index is 275. The molecule has 1 heterocycles. The minimum Gasteiger partial charge on any atom is -0.494 e. The third-order valence-electron chi connectivity index (χ3n) is 2.79. The standard InChI is InChI=1S/C12H17NO/c1-2-14-11-7-5-10(6-8-11)12-4-3-9-13-12/h5-8,12-13H,2-4,9H2,1H3/p+1/t12-/m1/s1. The summed E-state index contributed by atoms with van der Waals surface area (Å²) in [6.07, 6.45) is 2.66. The summed E-state index contributed by atoms with van der Waals surface area (Å²) in [4.78, 5) is 0. The van der Waals surface area contributed by atoms with Gasteiger partial charge in [0.05, 0.1) is 13.2 Å². The second kappa shape index (κ2) is 4.47. The summed E-state index contributed by atoms with van der Waals surface area (Å²) in [5, 5.41) is 2.43. The van der Waals surface area contributed by atoms with Crippen LogP contribution in [0.15, 0.2) is 24.3 Å². The minimum atomic E-state index is 0.686. The lowest BCUT2D eigenvalue weighted by atomic mass is 10.1. The largest absolute Gasteiger partial charge is 0.494 e. The van der Waals surface area contributed by atoms with Crippen molar-refractivity contribution in [3.63, 3.8) is 0 Å². The van der Waals surface area contributed by atoms with Crippen LogP contribution in [0.1, 0.15) is 31.4 Å². The second-order valence-corrected chi connectivity index (χ2v) is 3.78. The number of ether oxygens (including phenoxy) is 1. The van der Waals surface area contributed by atoms with E-state index in [1.165, 1.54) is 24.9 Å². The molecule has 1 aromatic carbocycles. The molecule has 0 bridgehead atoms. The van der Waals surface area contributed by atoms with E-state index in [-0.39, 0.29) is 0 Å². The van der Waals surface area contributed by atoms with Gasteiger partial charge < -0.3 is 10.1 Å². The zero-order chi connectivity index (χ0) is 9.80. The summed E-state index contributed by atoms with van der Waals surface area (Å²) >= 11 is 0. The van der Waals surface area contributed by atoms with E-state index in [1.807, 2.05) is 6.92 Å². The molecule has 0 amide bonds. The number of quaternary nitrogens is 1. The maximum atomic E-state index is 5.41. The molecule has 1 atom stereocenters. The number of hydrogen-bond acceptors (Lipinski definition) is 1. The van der Waals surface area contributed by atoms with Gasteiger partial charge >= 0.3 is 0 Å². The van der Waals surface area contributed by atoms with Gasteiger partial charge in [0.1, 0.15) is 11.8 Å². The molecule has 1 fully saturated rings. The van der Waals surface area contributed by atoms with Gasteiger partial charge in [-0.2, -0.15) is 0 Å². The maximum absolute atomic E-state index is 5.41. The summed E-state index contributed by atoms with van der Waals surface area (Å²) in [5.41, 5.74) is 1.44. The molecule has 2 nitrogen and oxygen atoms in total. The summed E-state index contributed by atoms with van der Waals surface area (Å²) in [5.74, 6) is 0.981. The third kappa shape index (κ3) is 2.07. The summed E-state index contributed by atoms with van der Waals surface area (Å²) < 4.78 is 5.41. The fourth-order valence-electron chi connectivity index (χ4n) is 2.06. The van der Waals surface area contributed by atoms with E-state index >= 15 is 0 Å². The second-order valence-electron chi connectivity index (χ2n) is 3.78. The predicted octanol–water partition coefficient (Wildman–Crippen LogP) is 1.48. The van der Waals surface area contributed by atoms with Crippen LogP contribution in [0.5, 0.6) is 5.75 Å². The van der Waals surface area contributed by atoms with Crippen LogP contribution in [0.25, 0.3) is 0 Å². The van der Waals surface area contributed by atoms with Gasteiger partial charge in [-0.1, -0.05) is 0 Å². The highest BCUT2D eigenvalue weighted by Crippen LogP contribution is 2.20. The SMILES string of the molecule is CCOc1ccc([C@H]2CCC[NH2+]2)cc1. The van der Waals surface area contributed by atoms with Crippen LogP contribution in [0.4, 0.5) is 0 Å². The Balaban J connectivity index is 2.05. The zero-order valence-corrected chi connectivity index (χ0v) is 8.70. The Morgan fingerprint density at radius 3 is 2.71 bits per heavy atom. The van der Waals surface area contributed by atoms with Crippen molar-refractivity contribution in [1.29, 1.82) is 0 Å². The smallest absolute Gasteiger partial charge is 0.119 e. The fourth-order valence-corrected chi connectivity index (χ4v) is 2.06. The van der Waals surface area contributed by atoms with Crippen molar-refractivity contribution in [3.8, 4) is 5.75 Å². The molecular weight excluding hydrogens is 174 g/mol. The molecule has 2 rings (SSSR count). The highest BCUT2D eigenvalue weighted by Gasteiger charge is 2.19. The zero-order valence-electron chi connectivity index (χ0n) is 8.70. The van der Waals surface area contributed by atoms with Gasteiger partial charge in [0, 0.05) is 18.4 Å². The monoisotopic (exact) mass is 192 g/mol. The lowest BCUT2D eigenvalue weighted by Gasteiger charge is -2.08. The van der Waals surface area contributed by atoms with Gasteiger partial charge in [0.25, 0.3) is 0 Å². The molecule has 14 heavy (non-hydrogen) atoms. The minimum absolute atomic E-state index is 0.686. The molecule has 1 aromatic rings. The Morgan fingerprint density at radius 2 is 2.14 bits per heavy atom. The Hall–Kier alpha value is -1.02. The van der Waals surface area contributed by atoms with Crippen molar-refractivity contribution in [1.82, 2.24) is 0 Å². The first-order valence-corrected chi connectivity index (χ1v) is 5.46. The van der Waals surface area contributed by atoms with Crippen molar-refractivity contribution < 1.29 is 10.1 Å². The quantitative estimate of drug-likeness (QED) is 0.771. The first kappa shape index (κ1) is 9.53.